The van der Waals surface area contributed by atoms with Crippen LogP contribution in [0.4, 0.5) is 15.9 Å². The Morgan fingerprint density at radius 2 is 2.21 bits per heavy atom. The fourth-order valence-electron chi connectivity index (χ4n) is 3.93. The van der Waals surface area contributed by atoms with Crippen molar-refractivity contribution in [2.24, 2.45) is 5.92 Å². The van der Waals surface area contributed by atoms with Crippen LogP contribution >= 0.6 is 0 Å². The molecule has 0 radical (unpaired) electrons. The smallest absolute Gasteiger partial charge is 0.230 e. The Hall–Kier alpha value is -3.16. The molecule has 7 nitrogen and oxygen atoms in total. The zero-order valence-corrected chi connectivity index (χ0v) is 15.4. The van der Waals surface area contributed by atoms with Gasteiger partial charge in [-0.25, -0.2) is 13.9 Å². The predicted octanol–water partition coefficient (Wildman–Crippen LogP) is 3.18. The van der Waals surface area contributed by atoms with Crippen molar-refractivity contribution >= 4 is 23.1 Å². The Labute approximate surface area is 161 Å². The van der Waals surface area contributed by atoms with E-state index in [-0.39, 0.29) is 24.4 Å². The number of nitrogens with one attached hydrogen (secondary N) is 1. The fraction of sp³-hybridized carbons (Fsp3) is 0.350. The van der Waals surface area contributed by atoms with Crippen LogP contribution in [0.25, 0.3) is 5.65 Å². The maximum absolute atomic E-state index is 14.1. The lowest BCUT2D eigenvalue weighted by molar-refractivity contribution is -0.120. The molecule has 0 spiro atoms. The van der Waals surface area contributed by atoms with Crippen LogP contribution in [0.15, 0.2) is 36.7 Å². The Balaban J connectivity index is 1.68. The Bertz CT molecular complexity index is 1070. The lowest BCUT2D eigenvalue weighted by Crippen LogP contribution is -2.26. The maximum Gasteiger partial charge on any atom is 0.230 e. The van der Waals surface area contributed by atoms with Crippen LogP contribution in [-0.2, 0) is 4.79 Å². The molecule has 2 bridgehead atoms. The SMILES string of the molecule is C[C@H]1COc2ccc(F)cc2[C@@H]2CCCN2c2ccn3ncc(c3n2)NC1=O. The standard InChI is InChI=1S/C20H20FN5O2/c1-12-11-28-17-5-4-13(21)9-14(17)16-3-2-7-25(16)18-6-8-26-19(24-18)15(10-22-26)23-20(12)27/h4-6,8-10,12,16H,2-3,7,11H2,1H3,(H,23,27)/t12-,16-/m0/s1. The normalized spacial score (nSPS) is 21.9. The summed E-state index contributed by atoms with van der Waals surface area (Å²) in [7, 11) is 0. The lowest BCUT2D eigenvalue weighted by atomic mass is 10.0. The van der Waals surface area contributed by atoms with E-state index >= 15 is 0 Å². The van der Waals surface area contributed by atoms with Gasteiger partial charge in [-0.3, -0.25) is 4.79 Å². The average Bonchev–Trinajstić information content (AvgIpc) is 3.33. The number of halogens is 1. The summed E-state index contributed by atoms with van der Waals surface area (Å²) in [5.74, 6) is 0.516. The number of anilines is 2. The number of amides is 1. The van der Waals surface area contributed by atoms with Gasteiger partial charge >= 0.3 is 0 Å². The Kier molecular flexibility index (Phi) is 3.92. The van der Waals surface area contributed by atoms with Gasteiger partial charge < -0.3 is 15.0 Å². The number of aromatic nitrogens is 3. The highest BCUT2D eigenvalue weighted by Gasteiger charge is 2.31. The van der Waals surface area contributed by atoms with E-state index in [1.54, 1.807) is 23.7 Å². The molecule has 28 heavy (non-hydrogen) atoms. The van der Waals surface area contributed by atoms with Crippen molar-refractivity contribution in [2.45, 2.75) is 25.8 Å². The number of nitrogens with zero attached hydrogens (tertiary/aromatic N) is 4. The van der Waals surface area contributed by atoms with E-state index < -0.39 is 5.92 Å². The van der Waals surface area contributed by atoms with Gasteiger partial charge in [-0.15, -0.1) is 0 Å². The first-order valence-electron chi connectivity index (χ1n) is 9.44. The molecule has 5 rings (SSSR count). The molecule has 1 aromatic carbocycles. The van der Waals surface area contributed by atoms with Crippen molar-refractivity contribution in [2.75, 3.05) is 23.4 Å². The summed E-state index contributed by atoms with van der Waals surface area (Å²) in [5.41, 5.74) is 1.94. The topological polar surface area (TPSA) is 71.8 Å². The largest absolute Gasteiger partial charge is 0.492 e. The van der Waals surface area contributed by atoms with Gasteiger partial charge in [0.1, 0.15) is 23.1 Å². The van der Waals surface area contributed by atoms with E-state index in [9.17, 15) is 9.18 Å². The number of hydrogen-bond acceptors (Lipinski definition) is 5. The van der Waals surface area contributed by atoms with Crippen LogP contribution in [0.5, 0.6) is 5.75 Å². The third-order valence-corrected chi connectivity index (χ3v) is 5.43. The zero-order valence-electron chi connectivity index (χ0n) is 15.4. The van der Waals surface area contributed by atoms with Gasteiger partial charge in [0.25, 0.3) is 0 Å². The van der Waals surface area contributed by atoms with Crippen LogP contribution in [0, 0.1) is 11.7 Å². The third-order valence-electron chi connectivity index (χ3n) is 5.43. The second kappa shape index (κ2) is 6.47. The van der Waals surface area contributed by atoms with Crippen LogP contribution < -0.4 is 15.0 Å². The highest BCUT2D eigenvalue weighted by molar-refractivity contribution is 5.95. The molecule has 0 unspecified atom stereocenters. The van der Waals surface area contributed by atoms with Gasteiger partial charge in [-0.2, -0.15) is 5.10 Å². The van der Waals surface area contributed by atoms with Gasteiger partial charge in [0, 0.05) is 18.3 Å². The van der Waals surface area contributed by atoms with E-state index in [4.69, 9.17) is 9.72 Å². The first-order chi connectivity index (χ1) is 13.6. The molecule has 0 aliphatic carbocycles. The minimum absolute atomic E-state index is 0.0354. The van der Waals surface area contributed by atoms with Crippen molar-refractivity contribution in [3.05, 3.63) is 48.0 Å². The first-order valence-corrected chi connectivity index (χ1v) is 9.44. The quantitative estimate of drug-likeness (QED) is 0.648. The number of carbonyl (C=O) groups excluding carboxylic acids is 1. The Morgan fingerprint density at radius 3 is 3.11 bits per heavy atom. The van der Waals surface area contributed by atoms with Crippen molar-refractivity contribution in [1.82, 2.24) is 14.6 Å². The van der Waals surface area contributed by atoms with Crippen molar-refractivity contribution in [1.29, 1.82) is 0 Å². The molecule has 2 atom stereocenters. The number of fused-ring (bicyclic) bond motifs is 5. The summed E-state index contributed by atoms with van der Waals surface area (Å²) in [4.78, 5) is 19.5. The summed E-state index contributed by atoms with van der Waals surface area (Å²) in [5, 5.41) is 7.16. The summed E-state index contributed by atoms with van der Waals surface area (Å²) in [6.07, 6.45) is 5.29. The van der Waals surface area contributed by atoms with Gasteiger partial charge in [-0.05, 0) is 37.1 Å². The monoisotopic (exact) mass is 381 g/mol. The molecule has 2 aliphatic heterocycles. The fourth-order valence-corrected chi connectivity index (χ4v) is 3.93. The number of benzene rings is 1. The zero-order chi connectivity index (χ0) is 19.3. The second-order valence-corrected chi connectivity index (χ2v) is 7.35. The van der Waals surface area contributed by atoms with Crippen LogP contribution in [0.2, 0.25) is 0 Å². The predicted molar refractivity (Wildman–Crippen MR) is 102 cm³/mol. The van der Waals surface area contributed by atoms with Crippen molar-refractivity contribution in [3.63, 3.8) is 0 Å². The highest BCUT2D eigenvalue weighted by atomic mass is 19.1. The summed E-state index contributed by atoms with van der Waals surface area (Å²) in [6, 6.07) is 6.43. The second-order valence-electron chi connectivity index (χ2n) is 7.35. The van der Waals surface area contributed by atoms with E-state index in [2.05, 4.69) is 15.3 Å². The van der Waals surface area contributed by atoms with Gasteiger partial charge in [0.2, 0.25) is 5.91 Å². The van der Waals surface area contributed by atoms with Gasteiger partial charge in [-0.1, -0.05) is 6.92 Å². The molecule has 144 valence electrons. The summed E-state index contributed by atoms with van der Waals surface area (Å²) in [6.45, 7) is 2.81. The van der Waals surface area contributed by atoms with Crippen molar-refractivity contribution < 1.29 is 13.9 Å². The molecule has 1 N–H and O–H groups in total. The molecule has 8 heteroatoms. The molecule has 2 aliphatic rings. The first kappa shape index (κ1) is 17.0. The van der Waals surface area contributed by atoms with E-state index in [1.165, 1.54) is 12.1 Å². The van der Waals surface area contributed by atoms with Crippen LogP contribution in [0.3, 0.4) is 0 Å². The molecule has 0 saturated carbocycles. The van der Waals surface area contributed by atoms with Gasteiger partial charge in [0.05, 0.1) is 24.8 Å². The molecular weight excluding hydrogens is 361 g/mol. The molecular formula is C20H20FN5O2. The van der Waals surface area contributed by atoms with Crippen molar-refractivity contribution in [3.8, 4) is 5.75 Å². The highest BCUT2D eigenvalue weighted by Crippen LogP contribution is 2.40. The Morgan fingerprint density at radius 1 is 1.32 bits per heavy atom. The van der Waals surface area contributed by atoms with E-state index in [0.717, 1.165) is 30.8 Å². The summed E-state index contributed by atoms with van der Waals surface area (Å²) >= 11 is 0. The number of rotatable bonds is 0. The average molecular weight is 381 g/mol. The molecule has 1 fully saturated rings. The molecule has 1 amide bonds. The summed E-state index contributed by atoms with van der Waals surface area (Å²) < 4.78 is 21.7. The number of carbonyl (C=O) groups is 1. The minimum Gasteiger partial charge on any atom is -0.492 e. The van der Waals surface area contributed by atoms with Gasteiger partial charge in [0.15, 0.2) is 5.65 Å². The molecule has 1 saturated heterocycles. The third kappa shape index (κ3) is 2.76. The minimum atomic E-state index is -0.392. The molecule has 3 aromatic rings. The number of hydrogen-bond donors (Lipinski definition) is 1. The lowest BCUT2D eigenvalue weighted by Gasteiger charge is -2.27. The molecule has 2 aromatic heterocycles. The van der Waals surface area contributed by atoms with Crippen LogP contribution in [0.1, 0.15) is 31.4 Å². The maximum atomic E-state index is 14.1. The van der Waals surface area contributed by atoms with Crippen LogP contribution in [-0.4, -0.2) is 33.7 Å². The number of ether oxygens (including phenoxy) is 1. The van der Waals surface area contributed by atoms with E-state index in [1.807, 2.05) is 12.3 Å². The van der Waals surface area contributed by atoms with E-state index in [0.29, 0.717) is 17.1 Å². The molecule has 4 heterocycles.